The van der Waals surface area contributed by atoms with Crippen molar-refractivity contribution in [3.63, 3.8) is 0 Å². The molecule has 5 nitrogen and oxygen atoms in total. The van der Waals surface area contributed by atoms with Gasteiger partial charge >= 0.3 is 0 Å². The molecular formula is C26H36N4O. The number of nitrogens with one attached hydrogen (secondary N) is 2. The van der Waals surface area contributed by atoms with Crippen molar-refractivity contribution in [2.24, 2.45) is 5.92 Å². The van der Waals surface area contributed by atoms with Crippen molar-refractivity contribution >= 4 is 5.91 Å². The van der Waals surface area contributed by atoms with E-state index < -0.39 is 0 Å². The Hall–Kier alpha value is -2.21. The molecule has 2 aromatic rings. The van der Waals surface area contributed by atoms with Gasteiger partial charge in [-0.05, 0) is 49.8 Å². The average Bonchev–Trinajstić information content (AvgIpc) is 3.29. The van der Waals surface area contributed by atoms with E-state index >= 15 is 0 Å². The molecule has 1 amide bonds. The number of nitrogens with zero attached hydrogens (tertiary/aromatic N) is 2. The number of benzene rings is 2. The van der Waals surface area contributed by atoms with Gasteiger partial charge < -0.3 is 4.90 Å². The normalized spacial score (nSPS) is 24.2. The number of piperidine rings is 1. The Morgan fingerprint density at radius 3 is 2.58 bits per heavy atom. The predicted octanol–water partition coefficient (Wildman–Crippen LogP) is 3.75. The molecule has 2 aromatic carbocycles. The van der Waals surface area contributed by atoms with Gasteiger partial charge in [0.2, 0.25) is 5.91 Å². The smallest absolute Gasteiger partial charge is 0.226 e. The SMILES string of the molecule is CN(CCCC1CC(c2ccccc2)NN1)C(=O)C1CCCN(Cc2ccccc2)C1. The quantitative estimate of drug-likeness (QED) is 0.683. The first-order valence-corrected chi connectivity index (χ1v) is 11.8. The van der Waals surface area contributed by atoms with Gasteiger partial charge in [-0.3, -0.25) is 20.5 Å². The van der Waals surface area contributed by atoms with Crippen molar-refractivity contribution in [3.05, 3.63) is 71.8 Å². The van der Waals surface area contributed by atoms with E-state index in [0.29, 0.717) is 18.0 Å². The standard InChI is InChI=1S/C26H36N4O/c1-29(16-9-15-24-18-25(28-27-24)22-12-6-3-7-13-22)26(31)23-14-8-17-30(20-23)19-21-10-4-2-5-11-21/h2-7,10-13,23-25,27-28H,8-9,14-20H2,1H3. The highest BCUT2D eigenvalue weighted by atomic mass is 16.2. The number of amides is 1. The molecule has 0 saturated carbocycles. The lowest BCUT2D eigenvalue weighted by molar-refractivity contribution is -0.136. The highest BCUT2D eigenvalue weighted by Gasteiger charge is 2.28. The van der Waals surface area contributed by atoms with Crippen LogP contribution in [0.5, 0.6) is 0 Å². The highest BCUT2D eigenvalue weighted by Crippen LogP contribution is 2.24. The van der Waals surface area contributed by atoms with Crippen LogP contribution in [0.4, 0.5) is 0 Å². The summed E-state index contributed by atoms with van der Waals surface area (Å²) in [6.07, 6.45) is 5.33. The monoisotopic (exact) mass is 420 g/mol. The molecule has 0 bridgehead atoms. The fourth-order valence-corrected chi connectivity index (χ4v) is 4.95. The summed E-state index contributed by atoms with van der Waals surface area (Å²) < 4.78 is 0. The summed E-state index contributed by atoms with van der Waals surface area (Å²) >= 11 is 0. The summed E-state index contributed by atoms with van der Waals surface area (Å²) in [6.45, 7) is 3.75. The van der Waals surface area contributed by atoms with Crippen molar-refractivity contribution in [2.75, 3.05) is 26.7 Å². The van der Waals surface area contributed by atoms with Crippen molar-refractivity contribution in [1.29, 1.82) is 0 Å². The lowest BCUT2D eigenvalue weighted by Gasteiger charge is -2.34. The summed E-state index contributed by atoms with van der Waals surface area (Å²) in [7, 11) is 1.98. The molecule has 3 atom stereocenters. The molecule has 166 valence electrons. The lowest BCUT2D eigenvalue weighted by atomic mass is 9.96. The molecule has 0 radical (unpaired) electrons. The third-order valence-electron chi connectivity index (χ3n) is 6.71. The molecule has 2 aliphatic heterocycles. The number of hydrogen-bond acceptors (Lipinski definition) is 4. The largest absolute Gasteiger partial charge is 0.345 e. The van der Waals surface area contributed by atoms with Crippen LogP contribution in [0.25, 0.3) is 0 Å². The molecule has 0 spiro atoms. The first kappa shape index (κ1) is 22.0. The molecule has 2 saturated heterocycles. The topological polar surface area (TPSA) is 47.6 Å². The minimum absolute atomic E-state index is 0.135. The third-order valence-corrected chi connectivity index (χ3v) is 6.71. The van der Waals surface area contributed by atoms with Gasteiger partial charge in [-0.2, -0.15) is 0 Å². The Labute approximate surface area is 186 Å². The fraction of sp³-hybridized carbons (Fsp3) is 0.500. The van der Waals surface area contributed by atoms with Gasteiger partial charge in [0.25, 0.3) is 0 Å². The second-order valence-electron chi connectivity index (χ2n) is 9.15. The Morgan fingerprint density at radius 2 is 1.81 bits per heavy atom. The first-order valence-electron chi connectivity index (χ1n) is 11.8. The van der Waals surface area contributed by atoms with Crippen LogP contribution in [0, 0.1) is 5.92 Å². The van der Waals surface area contributed by atoms with E-state index in [2.05, 4.69) is 76.4 Å². The summed E-state index contributed by atoms with van der Waals surface area (Å²) in [5, 5.41) is 0. The van der Waals surface area contributed by atoms with E-state index in [0.717, 1.165) is 58.3 Å². The van der Waals surface area contributed by atoms with E-state index in [1.165, 1.54) is 11.1 Å². The molecule has 31 heavy (non-hydrogen) atoms. The van der Waals surface area contributed by atoms with E-state index in [1.807, 2.05) is 11.9 Å². The number of carbonyl (C=O) groups is 1. The molecule has 2 heterocycles. The van der Waals surface area contributed by atoms with Crippen LogP contribution in [-0.2, 0) is 11.3 Å². The van der Waals surface area contributed by atoms with Gasteiger partial charge in [-0.1, -0.05) is 60.7 Å². The maximum atomic E-state index is 13.0. The number of hydrogen-bond donors (Lipinski definition) is 2. The van der Waals surface area contributed by atoms with E-state index in [-0.39, 0.29) is 5.92 Å². The van der Waals surface area contributed by atoms with Crippen molar-refractivity contribution in [2.45, 2.75) is 50.7 Å². The summed E-state index contributed by atoms with van der Waals surface area (Å²) in [6, 6.07) is 22.0. The van der Waals surface area contributed by atoms with Crippen LogP contribution >= 0.6 is 0 Å². The Kier molecular flexibility index (Phi) is 7.73. The molecule has 0 aliphatic carbocycles. The lowest BCUT2D eigenvalue weighted by Crippen LogP contribution is -2.43. The van der Waals surface area contributed by atoms with Crippen LogP contribution in [0.15, 0.2) is 60.7 Å². The van der Waals surface area contributed by atoms with Gasteiger partial charge in [0, 0.05) is 38.8 Å². The maximum Gasteiger partial charge on any atom is 0.226 e. The van der Waals surface area contributed by atoms with Gasteiger partial charge in [0.05, 0.1) is 5.92 Å². The van der Waals surface area contributed by atoms with Gasteiger partial charge in [0.15, 0.2) is 0 Å². The Morgan fingerprint density at radius 1 is 1.06 bits per heavy atom. The zero-order valence-corrected chi connectivity index (χ0v) is 18.7. The van der Waals surface area contributed by atoms with Crippen LogP contribution in [-0.4, -0.2) is 48.4 Å². The van der Waals surface area contributed by atoms with Gasteiger partial charge in [0.1, 0.15) is 0 Å². The summed E-state index contributed by atoms with van der Waals surface area (Å²) in [4.78, 5) is 17.4. The molecule has 3 unspecified atom stereocenters. The number of carbonyl (C=O) groups excluding carboxylic acids is 1. The van der Waals surface area contributed by atoms with E-state index in [9.17, 15) is 4.79 Å². The molecule has 2 fully saturated rings. The fourth-order valence-electron chi connectivity index (χ4n) is 4.95. The number of likely N-dealkylation sites (tertiary alicyclic amines) is 1. The Balaban J connectivity index is 1.18. The van der Waals surface area contributed by atoms with Crippen molar-refractivity contribution in [1.82, 2.24) is 20.7 Å². The van der Waals surface area contributed by atoms with Gasteiger partial charge in [-0.25, -0.2) is 0 Å². The number of hydrazine groups is 1. The molecule has 2 aliphatic rings. The van der Waals surface area contributed by atoms with Crippen LogP contribution in [0.3, 0.4) is 0 Å². The molecule has 4 rings (SSSR count). The van der Waals surface area contributed by atoms with Crippen molar-refractivity contribution < 1.29 is 4.79 Å². The van der Waals surface area contributed by atoms with E-state index in [4.69, 9.17) is 0 Å². The maximum absolute atomic E-state index is 13.0. The average molecular weight is 421 g/mol. The second kappa shape index (κ2) is 10.9. The van der Waals surface area contributed by atoms with E-state index in [1.54, 1.807) is 0 Å². The second-order valence-corrected chi connectivity index (χ2v) is 9.15. The zero-order valence-electron chi connectivity index (χ0n) is 18.7. The van der Waals surface area contributed by atoms with Crippen LogP contribution in [0.1, 0.15) is 49.3 Å². The van der Waals surface area contributed by atoms with Crippen molar-refractivity contribution in [3.8, 4) is 0 Å². The summed E-state index contributed by atoms with van der Waals surface area (Å²) in [5.74, 6) is 0.452. The Bertz CT molecular complexity index is 813. The molecular weight excluding hydrogens is 384 g/mol. The summed E-state index contributed by atoms with van der Waals surface area (Å²) in [5.41, 5.74) is 9.53. The third kappa shape index (κ3) is 6.16. The number of rotatable bonds is 8. The highest BCUT2D eigenvalue weighted by molar-refractivity contribution is 5.78. The first-order chi connectivity index (χ1) is 15.2. The van der Waals surface area contributed by atoms with Crippen LogP contribution in [0.2, 0.25) is 0 Å². The minimum atomic E-state index is 0.135. The molecule has 2 N–H and O–H groups in total. The molecule has 5 heteroatoms. The zero-order chi connectivity index (χ0) is 21.5. The van der Waals surface area contributed by atoms with Crippen LogP contribution < -0.4 is 10.9 Å². The minimum Gasteiger partial charge on any atom is -0.345 e. The van der Waals surface area contributed by atoms with Gasteiger partial charge in [-0.15, -0.1) is 0 Å². The predicted molar refractivity (Wildman–Crippen MR) is 125 cm³/mol. The molecule has 0 aromatic heterocycles.